The second kappa shape index (κ2) is 5.75. The van der Waals surface area contributed by atoms with Crippen LogP contribution in [0.4, 0.5) is 0 Å². The minimum Gasteiger partial charge on any atom is -0.461 e. The van der Waals surface area contributed by atoms with Crippen LogP contribution in [0, 0.1) is 0 Å². The van der Waals surface area contributed by atoms with Crippen molar-refractivity contribution in [2.75, 3.05) is 17.3 Å². The third-order valence-corrected chi connectivity index (χ3v) is 4.61. The van der Waals surface area contributed by atoms with E-state index in [1.165, 1.54) is 0 Å². The lowest BCUT2D eigenvalue weighted by molar-refractivity contribution is 0.0956. The van der Waals surface area contributed by atoms with Gasteiger partial charge < -0.3 is 4.42 Å². The number of furan rings is 1. The molecule has 2 aromatic heterocycles. The highest BCUT2D eigenvalue weighted by atomic mass is 35.5. The highest BCUT2D eigenvalue weighted by Crippen LogP contribution is 2.28. The van der Waals surface area contributed by atoms with Crippen molar-refractivity contribution in [1.82, 2.24) is 14.9 Å². The van der Waals surface area contributed by atoms with Gasteiger partial charge in [-0.25, -0.2) is 9.69 Å². The molecular weight excluding hydrogens is 336 g/mol. The maximum atomic E-state index is 12.9. The van der Waals surface area contributed by atoms with Crippen LogP contribution in [-0.2, 0) is 0 Å². The maximum absolute atomic E-state index is 12.9. The average Bonchev–Trinajstić information content (AvgIpc) is 3.23. The first-order chi connectivity index (χ1) is 11.2. The molecule has 3 aromatic rings. The van der Waals surface area contributed by atoms with E-state index >= 15 is 0 Å². The number of halogens is 1. The maximum Gasteiger partial charge on any atom is 0.272 e. The fourth-order valence-corrected chi connectivity index (χ4v) is 3.37. The van der Waals surface area contributed by atoms with E-state index in [4.69, 9.17) is 16.0 Å². The van der Waals surface area contributed by atoms with Crippen LogP contribution in [0.1, 0.15) is 10.4 Å². The molecule has 0 spiro atoms. The van der Waals surface area contributed by atoms with Crippen molar-refractivity contribution in [3.05, 3.63) is 53.2 Å². The Morgan fingerprint density at radius 3 is 2.78 bits per heavy atom. The summed E-state index contributed by atoms with van der Waals surface area (Å²) in [5.74, 6) is 1.71. The third kappa shape index (κ3) is 2.51. The van der Waals surface area contributed by atoms with E-state index in [2.05, 4.69) is 10.2 Å². The summed E-state index contributed by atoms with van der Waals surface area (Å²) in [5, 5.41) is 11.2. The monoisotopic (exact) mass is 346 g/mol. The first-order valence-corrected chi connectivity index (χ1v) is 8.30. The molecule has 0 atom stereocenters. The van der Waals surface area contributed by atoms with Gasteiger partial charge in [-0.2, -0.15) is 0 Å². The Bertz CT molecular complexity index is 845. The van der Waals surface area contributed by atoms with Crippen LogP contribution < -0.4 is 5.01 Å². The van der Waals surface area contributed by atoms with Crippen LogP contribution in [0.15, 0.2) is 52.2 Å². The van der Waals surface area contributed by atoms with E-state index in [0.29, 0.717) is 33.9 Å². The van der Waals surface area contributed by atoms with Gasteiger partial charge in [-0.3, -0.25) is 4.79 Å². The standard InChI is InChI=1S/C15H11ClN4O2S/c16-11-5-3-10(4-6-11)14(21)19-7-9-23-15-18-17-13(20(15)19)12-2-1-8-22-12/h1-6,8H,7,9H2. The molecule has 0 N–H and O–H groups in total. The highest BCUT2D eigenvalue weighted by Gasteiger charge is 2.29. The molecule has 1 aliphatic rings. The number of nitrogens with zero attached hydrogens (tertiary/aromatic N) is 4. The van der Waals surface area contributed by atoms with Crippen LogP contribution in [-0.4, -0.2) is 33.1 Å². The summed E-state index contributed by atoms with van der Waals surface area (Å²) in [6, 6.07) is 10.4. The lowest BCUT2D eigenvalue weighted by atomic mass is 10.2. The number of aromatic nitrogens is 3. The molecule has 0 radical (unpaired) electrons. The van der Waals surface area contributed by atoms with E-state index in [1.807, 2.05) is 0 Å². The number of carbonyl (C=O) groups excluding carboxylic acids is 1. The Morgan fingerprint density at radius 1 is 1.22 bits per heavy atom. The number of hydrogen-bond donors (Lipinski definition) is 0. The number of thioether (sulfide) groups is 1. The molecule has 0 aliphatic carbocycles. The van der Waals surface area contributed by atoms with Gasteiger partial charge in [-0.05, 0) is 36.4 Å². The summed E-state index contributed by atoms with van der Waals surface area (Å²) in [6.07, 6.45) is 1.57. The van der Waals surface area contributed by atoms with E-state index < -0.39 is 0 Å². The number of amides is 1. The first-order valence-electron chi connectivity index (χ1n) is 6.94. The summed E-state index contributed by atoms with van der Waals surface area (Å²) in [4.78, 5) is 12.9. The van der Waals surface area contributed by atoms with Gasteiger partial charge in [0.2, 0.25) is 11.0 Å². The van der Waals surface area contributed by atoms with Gasteiger partial charge in [0.25, 0.3) is 5.91 Å². The molecule has 8 heteroatoms. The van der Waals surface area contributed by atoms with Gasteiger partial charge in [-0.15, -0.1) is 10.2 Å². The van der Waals surface area contributed by atoms with Crippen LogP contribution in [0.5, 0.6) is 0 Å². The Labute approximate surface area is 141 Å². The smallest absolute Gasteiger partial charge is 0.272 e. The zero-order chi connectivity index (χ0) is 15.8. The molecule has 0 saturated heterocycles. The van der Waals surface area contributed by atoms with Gasteiger partial charge in [-0.1, -0.05) is 23.4 Å². The number of hydrogen-bond acceptors (Lipinski definition) is 5. The largest absolute Gasteiger partial charge is 0.461 e. The molecule has 1 aliphatic heterocycles. The van der Waals surface area contributed by atoms with E-state index in [1.54, 1.807) is 64.1 Å². The molecule has 3 heterocycles. The highest BCUT2D eigenvalue weighted by molar-refractivity contribution is 7.99. The SMILES string of the molecule is O=C(c1ccc(Cl)cc1)N1CCSc2nnc(-c3ccco3)n21. The van der Waals surface area contributed by atoms with Gasteiger partial charge in [0.05, 0.1) is 12.8 Å². The van der Waals surface area contributed by atoms with Crippen molar-refractivity contribution >= 4 is 29.3 Å². The Kier molecular flexibility index (Phi) is 3.59. The van der Waals surface area contributed by atoms with E-state index in [0.717, 1.165) is 5.75 Å². The lowest BCUT2D eigenvalue weighted by Gasteiger charge is -2.28. The number of carbonyl (C=O) groups is 1. The molecule has 1 amide bonds. The van der Waals surface area contributed by atoms with Gasteiger partial charge in [0.15, 0.2) is 5.76 Å². The fourth-order valence-electron chi connectivity index (χ4n) is 2.39. The molecule has 0 fully saturated rings. The molecule has 6 nitrogen and oxygen atoms in total. The molecule has 0 bridgehead atoms. The fraction of sp³-hybridized carbons (Fsp3) is 0.133. The average molecular weight is 347 g/mol. The third-order valence-electron chi connectivity index (χ3n) is 3.45. The van der Waals surface area contributed by atoms with Crippen LogP contribution in [0.3, 0.4) is 0 Å². The molecular formula is C15H11ClN4O2S. The minimum absolute atomic E-state index is 0.129. The summed E-state index contributed by atoms with van der Waals surface area (Å²) >= 11 is 7.45. The number of rotatable bonds is 2. The minimum atomic E-state index is -0.129. The van der Waals surface area contributed by atoms with Gasteiger partial charge in [0, 0.05) is 16.3 Å². The summed E-state index contributed by atoms with van der Waals surface area (Å²) in [7, 11) is 0. The van der Waals surface area contributed by atoms with Crippen LogP contribution in [0.2, 0.25) is 5.02 Å². The predicted octanol–water partition coefficient (Wildman–Crippen LogP) is 3.08. The summed E-state index contributed by atoms with van der Waals surface area (Å²) in [6.45, 7) is 0.560. The number of benzene rings is 1. The van der Waals surface area contributed by atoms with Crippen molar-refractivity contribution in [1.29, 1.82) is 0 Å². The topological polar surface area (TPSA) is 64.2 Å². The van der Waals surface area contributed by atoms with Crippen LogP contribution in [0.25, 0.3) is 11.6 Å². The molecule has 0 saturated carbocycles. The van der Waals surface area contributed by atoms with Crippen molar-refractivity contribution in [2.24, 2.45) is 0 Å². The Balaban J connectivity index is 1.76. The molecule has 0 unspecified atom stereocenters. The van der Waals surface area contributed by atoms with E-state index in [-0.39, 0.29) is 5.91 Å². The molecule has 23 heavy (non-hydrogen) atoms. The molecule has 116 valence electrons. The summed E-state index contributed by atoms with van der Waals surface area (Å²) in [5.41, 5.74) is 0.561. The van der Waals surface area contributed by atoms with Gasteiger partial charge >= 0.3 is 0 Å². The summed E-state index contributed by atoms with van der Waals surface area (Å²) < 4.78 is 7.12. The van der Waals surface area contributed by atoms with Crippen molar-refractivity contribution < 1.29 is 9.21 Å². The first kappa shape index (κ1) is 14.3. The van der Waals surface area contributed by atoms with Crippen molar-refractivity contribution in [3.63, 3.8) is 0 Å². The normalized spacial score (nSPS) is 13.9. The Morgan fingerprint density at radius 2 is 2.04 bits per heavy atom. The molecule has 4 rings (SSSR count). The second-order valence-corrected chi connectivity index (χ2v) is 6.38. The van der Waals surface area contributed by atoms with E-state index in [9.17, 15) is 4.79 Å². The van der Waals surface area contributed by atoms with Crippen molar-refractivity contribution in [2.45, 2.75) is 5.16 Å². The predicted molar refractivity (Wildman–Crippen MR) is 87.3 cm³/mol. The lowest BCUT2D eigenvalue weighted by Crippen LogP contribution is -2.45. The second-order valence-electron chi connectivity index (χ2n) is 4.88. The zero-order valence-electron chi connectivity index (χ0n) is 11.8. The zero-order valence-corrected chi connectivity index (χ0v) is 13.4. The van der Waals surface area contributed by atoms with Crippen molar-refractivity contribution in [3.8, 4) is 11.6 Å². The number of fused-ring (bicyclic) bond motifs is 1. The Hall–Kier alpha value is -2.25. The van der Waals surface area contributed by atoms with Crippen LogP contribution >= 0.6 is 23.4 Å². The molecule has 1 aromatic carbocycles. The quantitative estimate of drug-likeness (QED) is 0.713. The van der Waals surface area contributed by atoms with Gasteiger partial charge in [0.1, 0.15) is 0 Å².